The maximum Gasteiger partial charge on any atom is 0.315 e. The van der Waals surface area contributed by atoms with Crippen molar-refractivity contribution in [3.8, 4) is 0 Å². The Morgan fingerprint density at radius 1 is 1.02 bits per heavy atom. The van der Waals surface area contributed by atoms with Gasteiger partial charge in [-0.1, -0.05) is 84.4 Å². The molecule has 5 amide bonds. The van der Waals surface area contributed by atoms with Crippen LogP contribution in [0.25, 0.3) is 0 Å². The number of likely N-dealkylation sites (tertiary alicyclic amines) is 1. The first kappa shape index (κ1) is 35.2. The number of ketones is 2. The topological polar surface area (TPSA) is 154 Å². The van der Waals surface area contributed by atoms with Crippen LogP contribution in [0, 0.1) is 17.3 Å². The number of urea groups is 1. The molecule has 0 saturated carbocycles. The summed E-state index contributed by atoms with van der Waals surface area (Å²) in [5.74, 6) is -2.64. The van der Waals surface area contributed by atoms with Crippen LogP contribution in [0.4, 0.5) is 4.79 Å². The minimum Gasteiger partial charge on any atom is -0.346 e. The maximum absolute atomic E-state index is 14.0. The van der Waals surface area contributed by atoms with E-state index in [0.29, 0.717) is 24.9 Å². The Hall–Kier alpha value is -4.02. The molecule has 1 aliphatic heterocycles. The number of nitrogens with zero attached hydrogens (tertiary/aromatic N) is 1. The van der Waals surface area contributed by atoms with Crippen LogP contribution < -0.4 is 21.3 Å². The predicted octanol–water partition coefficient (Wildman–Crippen LogP) is 2.61. The highest BCUT2D eigenvalue weighted by Gasteiger charge is 2.46. The van der Waals surface area contributed by atoms with E-state index in [4.69, 9.17) is 0 Å². The van der Waals surface area contributed by atoms with Crippen molar-refractivity contribution in [3.05, 3.63) is 48.6 Å². The number of hydrogen-bond donors (Lipinski definition) is 4. The van der Waals surface area contributed by atoms with Gasteiger partial charge in [0, 0.05) is 18.7 Å². The van der Waals surface area contributed by atoms with Gasteiger partial charge in [0.1, 0.15) is 12.1 Å². The molecule has 0 aromatic heterocycles. The summed E-state index contributed by atoms with van der Waals surface area (Å²) in [6, 6.07) is 4.92. The third kappa shape index (κ3) is 10.0. The number of rotatable bonds is 14. The Morgan fingerprint density at radius 3 is 2.23 bits per heavy atom. The van der Waals surface area contributed by atoms with Gasteiger partial charge in [0.2, 0.25) is 17.6 Å². The minimum atomic E-state index is -1.04. The highest BCUT2D eigenvalue weighted by atomic mass is 16.2. The highest BCUT2D eigenvalue weighted by molar-refractivity contribution is 6.38. The fourth-order valence-electron chi connectivity index (χ4n) is 4.96. The molecule has 1 fully saturated rings. The molecule has 11 heteroatoms. The monoisotopic (exact) mass is 597 g/mol. The lowest BCUT2D eigenvalue weighted by Crippen LogP contribution is -2.60. The van der Waals surface area contributed by atoms with E-state index in [-0.39, 0.29) is 37.1 Å². The van der Waals surface area contributed by atoms with Crippen LogP contribution in [0.2, 0.25) is 0 Å². The number of hydrogen-bond acceptors (Lipinski definition) is 6. The Kier molecular flexibility index (Phi) is 13.1. The molecule has 1 aliphatic rings. The third-order valence-corrected chi connectivity index (χ3v) is 7.60. The van der Waals surface area contributed by atoms with E-state index in [1.165, 1.54) is 11.0 Å². The first-order chi connectivity index (χ1) is 20.2. The Labute approximate surface area is 254 Å². The molecule has 43 heavy (non-hydrogen) atoms. The zero-order valence-electron chi connectivity index (χ0n) is 26.2. The van der Waals surface area contributed by atoms with E-state index in [0.717, 1.165) is 0 Å². The van der Waals surface area contributed by atoms with Crippen LogP contribution in [-0.4, -0.2) is 78.0 Å². The molecule has 1 heterocycles. The van der Waals surface area contributed by atoms with Gasteiger partial charge in [-0.15, -0.1) is 6.58 Å². The predicted molar refractivity (Wildman–Crippen MR) is 164 cm³/mol. The number of amides is 5. The summed E-state index contributed by atoms with van der Waals surface area (Å²) >= 11 is 0. The van der Waals surface area contributed by atoms with Crippen molar-refractivity contribution in [1.29, 1.82) is 0 Å². The van der Waals surface area contributed by atoms with Crippen LogP contribution in [0.3, 0.4) is 0 Å². The van der Waals surface area contributed by atoms with Crippen LogP contribution in [-0.2, 0) is 19.2 Å². The first-order valence-electron chi connectivity index (χ1n) is 14.9. The van der Waals surface area contributed by atoms with E-state index in [2.05, 4.69) is 27.8 Å². The van der Waals surface area contributed by atoms with Gasteiger partial charge in [0.05, 0.1) is 12.6 Å². The van der Waals surface area contributed by atoms with Crippen molar-refractivity contribution in [3.63, 3.8) is 0 Å². The quantitative estimate of drug-likeness (QED) is 0.147. The molecule has 1 aromatic rings. The van der Waals surface area contributed by atoms with Crippen LogP contribution in [0.15, 0.2) is 43.0 Å². The number of Topliss-reactive ketones (excluding diaryl/α,β-unsaturated/α-hetero) is 2. The number of benzene rings is 1. The summed E-state index contributed by atoms with van der Waals surface area (Å²) in [5, 5.41) is 10.4. The maximum atomic E-state index is 14.0. The lowest BCUT2D eigenvalue weighted by Gasteiger charge is -2.35. The second kappa shape index (κ2) is 16.0. The van der Waals surface area contributed by atoms with E-state index in [9.17, 15) is 28.8 Å². The molecular weight excluding hydrogens is 550 g/mol. The van der Waals surface area contributed by atoms with Gasteiger partial charge in [0.15, 0.2) is 5.78 Å². The standard InChI is InChI=1S/C32H47N5O6/c1-8-13-23(26(39)29(41)33-16-9-2)35-28(40)24-17-22(20(3)4)19-37(24)30(42)27(32(5,6)7)36-31(43)34-18-25(38)21-14-11-10-12-15-21/h9-12,14-15,20,22-24,27H,2,8,13,16-19H2,1,3-7H3,(H,33,41)(H,35,40)(H2,34,36,43)/t22-,23?,24+,27-/m1/s1. The van der Waals surface area contributed by atoms with Gasteiger partial charge in [-0.2, -0.15) is 0 Å². The van der Waals surface area contributed by atoms with Crippen molar-refractivity contribution in [2.75, 3.05) is 19.6 Å². The fraction of sp³-hybridized carbons (Fsp3) is 0.562. The Balaban J connectivity index is 2.22. The second-order valence-electron chi connectivity index (χ2n) is 12.4. The van der Waals surface area contributed by atoms with Crippen molar-refractivity contribution in [2.45, 2.75) is 78.9 Å². The summed E-state index contributed by atoms with van der Waals surface area (Å²) in [6.45, 7) is 14.9. The van der Waals surface area contributed by atoms with Gasteiger partial charge < -0.3 is 26.2 Å². The summed E-state index contributed by atoms with van der Waals surface area (Å²) in [4.78, 5) is 79.6. The molecule has 4 N–H and O–H groups in total. The molecule has 11 nitrogen and oxygen atoms in total. The number of nitrogens with one attached hydrogen (secondary N) is 4. The fourth-order valence-corrected chi connectivity index (χ4v) is 4.96. The Bertz CT molecular complexity index is 1180. The van der Waals surface area contributed by atoms with Gasteiger partial charge in [-0.25, -0.2) is 4.79 Å². The molecule has 0 spiro atoms. The SMILES string of the molecule is C=CCNC(=O)C(=O)C(CCC)NC(=O)[C@@H]1C[C@@H](C(C)C)CN1C(=O)[C@@H](NC(=O)NCC(=O)c1ccccc1)C(C)(C)C. The molecule has 4 atom stereocenters. The van der Waals surface area contributed by atoms with Gasteiger partial charge in [-0.3, -0.25) is 24.0 Å². The number of carbonyl (C=O) groups excluding carboxylic acids is 6. The smallest absolute Gasteiger partial charge is 0.315 e. The van der Waals surface area contributed by atoms with E-state index < -0.39 is 53.1 Å². The van der Waals surface area contributed by atoms with Gasteiger partial charge >= 0.3 is 6.03 Å². The van der Waals surface area contributed by atoms with Crippen LogP contribution in [0.5, 0.6) is 0 Å². The highest BCUT2D eigenvalue weighted by Crippen LogP contribution is 2.32. The van der Waals surface area contributed by atoms with Gasteiger partial charge in [-0.05, 0) is 30.1 Å². The van der Waals surface area contributed by atoms with Gasteiger partial charge in [0.25, 0.3) is 5.91 Å². The summed E-state index contributed by atoms with van der Waals surface area (Å²) in [6.07, 6.45) is 2.63. The zero-order chi connectivity index (χ0) is 32.3. The molecule has 0 aliphatic carbocycles. The summed E-state index contributed by atoms with van der Waals surface area (Å²) in [5.41, 5.74) is -0.284. The molecule has 1 unspecified atom stereocenters. The minimum absolute atomic E-state index is 0.00820. The van der Waals surface area contributed by atoms with E-state index >= 15 is 0 Å². The van der Waals surface area contributed by atoms with E-state index in [1.807, 2.05) is 20.8 Å². The zero-order valence-corrected chi connectivity index (χ0v) is 26.2. The molecule has 1 saturated heterocycles. The largest absolute Gasteiger partial charge is 0.346 e. The summed E-state index contributed by atoms with van der Waals surface area (Å²) < 4.78 is 0. The normalized spacial score (nSPS) is 17.9. The third-order valence-electron chi connectivity index (χ3n) is 7.60. The molecular formula is C32H47N5O6. The Morgan fingerprint density at radius 2 is 1.67 bits per heavy atom. The van der Waals surface area contributed by atoms with Crippen molar-refractivity contribution in [1.82, 2.24) is 26.2 Å². The first-order valence-corrected chi connectivity index (χ1v) is 14.9. The lowest BCUT2D eigenvalue weighted by molar-refractivity contribution is -0.143. The second-order valence-corrected chi connectivity index (χ2v) is 12.4. The van der Waals surface area contributed by atoms with Crippen molar-refractivity contribution in [2.24, 2.45) is 17.3 Å². The van der Waals surface area contributed by atoms with Crippen LogP contribution in [0.1, 0.15) is 71.2 Å². The average Bonchev–Trinajstić information content (AvgIpc) is 3.42. The average molecular weight is 598 g/mol. The molecule has 1 aromatic carbocycles. The molecule has 0 bridgehead atoms. The van der Waals surface area contributed by atoms with Crippen molar-refractivity contribution >= 4 is 35.3 Å². The summed E-state index contributed by atoms with van der Waals surface area (Å²) in [7, 11) is 0. The molecule has 0 radical (unpaired) electrons. The molecule has 2 rings (SSSR count). The molecule has 236 valence electrons. The van der Waals surface area contributed by atoms with E-state index in [1.54, 1.807) is 51.1 Å². The van der Waals surface area contributed by atoms with Crippen molar-refractivity contribution < 1.29 is 28.8 Å². The number of carbonyl (C=O) groups is 6. The van der Waals surface area contributed by atoms with Crippen LogP contribution >= 0.6 is 0 Å². The lowest BCUT2D eigenvalue weighted by atomic mass is 9.85.